The van der Waals surface area contributed by atoms with E-state index in [4.69, 9.17) is 14.1 Å². The maximum absolute atomic E-state index is 10.2. The van der Waals surface area contributed by atoms with Crippen LogP contribution in [-0.2, 0) is 6.42 Å². The van der Waals surface area contributed by atoms with E-state index >= 15 is 0 Å². The lowest BCUT2D eigenvalue weighted by molar-refractivity contribution is 0.412. The number of nitrogens with zero attached hydrogens (tertiary/aromatic N) is 3. The summed E-state index contributed by atoms with van der Waals surface area (Å²) in [5.74, 6) is 1.46. The Balaban J connectivity index is 1.67. The molecule has 2 aromatic heterocycles. The van der Waals surface area contributed by atoms with Gasteiger partial charge in [0.1, 0.15) is 17.2 Å². The van der Waals surface area contributed by atoms with Crippen LogP contribution in [-0.4, -0.2) is 29.7 Å². The Morgan fingerprint density at radius 3 is 2.77 bits per heavy atom. The van der Waals surface area contributed by atoms with Crippen LogP contribution in [0.2, 0.25) is 0 Å². The van der Waals surface area contributed by atoms with Crippen LogP contribution in [0.1, 0.15) is 11.1 Å². The molecule has 152 valence electrons. The molecule has 0 atom stereocenters. The number of aromatic nitrogens is 1. The second-order valence-corrected chi connectivity index (χ2v) is 7.32. The van der Waals surface area contributed by atoms with Crippen LogP contribution in [0.5, 0.6) is 11.5 Å². The molecule has 0 aliphatic rings. The predicted octanol–water partition coefficient (Wildman–Crippen LogP) is 4.55. The van der Waals surface area contributed by atoms with E-state index in [-0.39, 0.29) is 5.75 Å². The molecule has 0 bridgehead atoms. The van der Waals surface area contributed by atoms with Crippen LogP contribution >= 0.6 is 11.3 Å². The van der Waals surface area contributed by atoms with Gasteiger partial charge in [0.2, 0.25) is 4.80 Å². The van der Waals surface area contributed by atoms with Crippen molar-refractivity contribution >= 4 is 17.6 Å². The molecule has 0 unspecified atom stereocenters. The van der Waals surface area contributed by atoms with Crippen LogP contribution in [0, 0.1) is 0 Å². The number of hydrogen-bond donors (Lipinski definition) is 1. The summed E-state index contributed by atoms with van der Waals surface area (Å²) in [5.41, 5.74) is 2.58. The maximum atomic E-state index is 10.2. The van der Waals surface area contributed by atoms with Gasteiger partial charge in [-0.1, -0.05) is 30.3 Å². The summed E-state index contributed by atoms with van der Waals surface area (Å²) in [6.45, 7) is 0.641. The average Bonchev–Trinajstić information content (AvgIpc) is 3.44. The Hall–Kier alpha value is -3.58. The van der Waals surface area contributed by atoms with E-state index in [1.54, 1.807) is 42.5 Å². The normalized spacial score (nSPS) is 12.0. The van der Waals surface area contributed by atoms with Gasteiger partial charge in [-0.3, -0.25) is 4.99 Å². The number of hydrogen-bond acceptors (Lipinski definition) is 6. The topological polar surface area (TPSA) is 72.2 Å². The van der Waals surface area contributed by atoms with Crippen molar-refractivity contribution in [2.75, 3.05) is 13.7 Å². The number of thiazole rings is 1. The van der Waals surface area contributed by atoms with Crippen LogP contribution < -0.4 is 9.54 Å². The molecule has 0 saturated heterocycles. The molecular formula is C23H21N3O3S. The number of aromatic hydroxyl groups is 1. The SMILES string of the molecule is COc1ccc(O)c(C=Nn2c(-c3ccco3)csc2=NCCc2ccccc2)c1. The van der Waals surface area contributed by atoms with Gasteiger partial charge in [0.15, 0.2) is 5.76 Å². The Morgan fingerprint density at radius 2 is 2.00 bits per heavy atom. The molecule has 1 N–H and O–H groups in total. The lowest BCUT2D eigenvalue weighted by Gasteiger charge is -2.04. The Labute approximate surface area is 178 Å². The van der Waals surface area contributed by atoms with Crippen molar-refractivity contribution in [2.45, 2.75) is 6.42 Å². The number of ether oxygens (including phenoxy) is 1. The second kappa shape index (κ2) is 9.28. The van der Waals surface area contributed by atoms with E-state index in [9.17, 15) is 5.11 Å². The number of phenols is 1. The Bertz CT molecular complexity index is 1190. The lowest BCUT2D eigenvalue weighted by Crippen LogP contribution is -2.13. The number of benzene rings is 2. The Kier molecular flexibility index (Phi) is 6.10. The number of rotatable bonds is 7. The van der Waals surface area contributed by atoms with E-state index in [1.807, 2.05) is 35.7 Å². The van der Waals surface area contributed by atoms with Crippen molar-refractivity contribution < 1.29 is 14.3 Å². The third kappa shape index (κ3) is 4.52. The van der Waals surface area contributed by atoms with Crippen molar-refractivity contribution in [1.29, 1.82) is 0 Å². The van der Waals surface area contributed by atoms with Gasteiger partial charge in [-0.25, -0.2) is 4.68 Å². The van der Waals surface area contributed by atoms with Crippen molar-refractivity contribution in [2.24, 2.45) is 10.1 Å². The van der Waals surface area contributed by atoms with E-state index in [0.29, 0.717) is 23.6 Å². The first-order valence-corrected chi connectivity index (χ1v) is 10.3. The molecule has 0 saturated carbocycles. The molecule has 0 amide bonds. The second-order valence-electron chi connectivity index (χ2n) is 6.48. The van der Waals surface area contributed by atoms with Crippen LogP contribution in [0.3, 0.4) is 0 Å². The van der Waals surface area contributed by atoms with Gasteiger partial charge in [-0.2, -0.15) is 5.10 Å². The van der Waals surface area contributed by atoms with E-state index < -0.39 is 0 Å². The molecule has 2 heterocycles. The van der Waals surface area contributed by atoms with Crippen LogP contribution in [0.25, 0.3) is 11.5 Å². The zero-order chi connectivity index (χ0) is 20.8. The summed E-state index contributed by atoms with van der Waals surface area (Å²) in [6.07, 6.45) is 4.06. The molecule has 2 aromatic carbocycles. The highest BCUT2D eigenvalue weighted by atomic mass is 32.1. The molecule has 0 fully saturated rings. The first-order chi connectivity index (χ1) is 14.7. The number of phenolic OH excluding ortho intramolecular Hbond substituents is 1. The molecule has 0 spiro atoms. The lowest BCUT2D eigenvalue weighted by atomic mass is 10.2. The summed E-state index contributed by atoms with van der Waals surface area (Å²) in [5, 5.41) is 16.7. The van der Waals surface area contributed by atoms with Crippen LogP contribution in [0.4, 0.5) is 0 Å². The molecule has 7 heteroatoms. The zero-order valence-corrected chi connectivity index (χ0v) is 17.2. The van der Waals surface area contributed by atoms with Gasteiger partial charge in [0.05, 0.1) is 19.6 Å². The first-order valence-electron chi connectivity index (χ1n) is 9.45. The summed E-state index contributed by atoms with van der Waals surface area (Å²) >= 11 is 1.49. The summed E-state index contributed by atoms with van der Waals surface area (Å²) in [6, 6.07) is 19.0. The molecule has 0 aliphatic carbocycles. The number of methoxy groups -OCH3 is 1. The smallest absolute Gasteiger partial charge is 0.206 e. The fourth-order valence-corrected chi connectivity index (χ4v) is 3.77. The summed E-state index contributed by atoms with van der Waals surface area (Å²) in [7, 11) is 1.58. The minimum Gasteiger partial charge on any atom is -0.507 e. The maximum Gasteiger partial charge on any atom is 0.206 e. The summed E-state index contributed by atoms with van der Waals surface area (Å²) in [4.78, 5) is 5.49. The molecule has 0 aliphatic heterocycles. The van der Waals surface area contributed by atoms with Crippen molar-refractivity contribution in [3.8, 4) is 23.0 Å². The largest absolute Gasteiger partial charge is 0.507 e. The molecule has 0 radical (unpaired) electrons. The highest BCUT2D eigenvalue weighted by Crippen LogP contribution is 2.23. The molecule has 4 rings (SSSR count). The minimum absolute atomic E-state index is 0.123. The van der Waals surface area contributed by atoms with Gasteiger partial charge in [0, 0.05) is 17.5 Å². The number of furan rings is 1. The first kappa shape index (κ1) is 19.7. The van der Waals surface area contributed by atoms with Crippen molar-refractivity contribution in [3.05, 3.63) is 88.2 Å². The van der Waals surface area contributed by atoms with E-state index in [0.717, 1.165) is 16.9 Å². The van der Waals surface area contributed by atoms with E-state index in [2.05, 4.69) is 17.2 Å². The zero-order valence-electron chi connectivity index (χ0n) is 16.4. The quantitative estimate of drug-likeness (QED) is 0.447. The minimum atomic E-state index is 0.123. The molecule has 4 aromatic rings. The van der Waals surface area contributed by atoms with Gasteiger partial charge < -0.3 is 14.3 Å². The van der Waals surface area contributed by atoms with E-state index in [1.165, 1.54) is 16.9 Å². The summed E-state index contributed by atoms with van der Waals surface area (Å²) < 4.78 is 12.5. The average molecular weight is 420 g/mol. The Morgan fingerprint density at radius 1 is 1.13 bits per heavy atom. The van der Waals surface area contributed by atoms with Gasteiger partial charge >= 0.3 is 0 Å². The highest BCUT2D eigenvalue weighted by molar-refractivity contribution is 7.07. The fraction of sp³-hybridized carbons (Fsp3) is 0.130. The molecular weight excluding hydrogens is 398 g/mol. The van der Waals surface area contributed by atoms with Gasteiger partial charge in [-0.05, 0) is 42.3 Å². The third-order valence-corrected chi connectivity index (χ3v) is 5.35. The third-order valence-electron chi connectivity index (χ3n) is 4.50. The molecule has 6 nitrogen and oxygen atoms in total. The van der Waals surface area contributed by atoms with Crippen LogP contribution in [0.15, 0.2) is 86.8 Å². The fourth-order valence-electron chi connectivity index (χ4n) is 2.92. The standard InChI is InChI=1S/C23H21N3O3S/c1-28-19-9-10-21(27)18(14-19)15-25-26-20(22-8-5-13-29-22)16-30-23(26)24-12-11-17-6-3-2-4-7-17/h2-10,13-16,27H,11-12H2,1H3. The van der Waals surface area contributed by atoms with Gasteiger partial charge in [-0.15, -0.1) is 11.3 Å². The van der Waals surface area contributed by atoms with Crippen molar-refractivity contribution in [1.82, 2.24) is 4.68 Å². The van der Waals surface area contributed by atoms with Gasteiger partial charge in [0.25, 0.3) is 0 Å². The van der Waals surface area contributed by atoms with Crippen molar-refractivity contribution in [3.63, 3.8) is 0 Å². The molecule has 30 heavy (non-hydrogen) atoms. The highest BCUT2D eigenvalue weighted by Gasteiger charge is 2.10. The monoisotopic (exact) mass is 419 g/mol. The predicted molar refractivity (Wildman–Crippen MR) is 118 cm³/mol.